The van der Waals surface area contributed by atoms with Crippen LogP contribution in [0.4, 0.5) is 5.69 Å². The van der Waals surface area contributed by atoms with Crippen molar-refractivity contribution in [3.63, 3.8) is 0 Å². The Labute approximate surface area is 119 Å². The van der Waals surface area contributed by atoms with Gasteiger partial charge in [0.1, 0.15) is 12.3 Å². The number of nitrogens with zero attached hydrogens (tertiary/aromatic N) is 1. The number of hydrogen-bond donors (Lipinski definition) is 2. The van der Waals surface area contributed by atoms with Gasteiger partial charge in [-0.2, -0.15) is 8.42 Å². The number of carbonyl (C=O) groups excluding carboxylic acids is 1. The smallest absolute Gasteiger partial charge is 0.326 e. The van der Waals surface area contributed by atoms with Gasteiger partial charge in [-0.05, 0) is 19.1 Å². The molecule has 1 amide bonds. The van der Waals surface area contributed by atoms with Crippen molar-refractivity contribution >= 4 is 32.6 Å². The molecule has 20 heavy (non-hydrogen) atoms. The Morgan fingerprint density at radius 1 is 1.45 bits per heavy atom. The number of anilines is 1. The standard InChI is InChI=1S/C11H14N2O5S2/c1-3-19(16)9-5-4-8(11(15)7(9)2)13-6-10(14)12-20(13,17)18/h4-5,15H,3,6H2,1-2H3,(H,12,14). The molecule has 1 aromatic rings. The number of benzene rings is 1. The van der Waals surface area contributed by atoms with Crippen LogP contribution in [0.3, 0.4) is 0 Å². The van der Waals surface area contributed by atoms with Crippen molar-refractivity contribution < 1.29 is 22.5 Å². The van der Waals surface area contributed by atoms with Crippen molar-refractivity contribution in [2.75, 3.05) is 16.6 Å². The summed E-state index contributed by atoms with van der Waals surface area (Å²) in [5.74, 6) is -0.561. The highest BCUT2D eigenvalue weighted by Gasteiger charge is 2.36. The molecule has 1 unspecified atom stereocenters. The van der Waals surface area contributed by atoms with Crippen LogP contribution in [0.2, 0.25) is 0 Å². The number of aromatic hydroxyl groups is 1. The highest BCUT2D eigenvalue weighted by Crippen LogP contribution is 2.36. The van der Waals surface area contributed by atoms with Crippen molar-refractivity contribution in [3.8, 4) is 5.75 Å². The lowest BCUT2D eigenvalue weighted by Crippen LogP contribution is -2.29. The molecule has 0 saturated carbocycles. The summed E-state index contributed by atoms with van der Waals surface area (Å²) in [4.78, 5) is 11.6. The molecule has 2 N–H and O–H groups in total. The van der Waals surface area contributed by atoms with Crippen LogP contribution in [-0.2, 0) is 25.8 Å². The fourth-order valence-corrected chi connectivity index (χ4v) is 4.06. The van der Waals surface area contributed by atoms with Gasteiger partial charge in [0.2, 0.25) is 0 Å². The number of hydrogen-bond acceptors (Lipinski definition) is 5. The third kappa shape index (κ3) is 2.38. The number of rotatable bonds is 3. The SMILES string of the molecule is CCS(=O)c1ccc(N2CC(=O)NS2(=O)=O)c(O)c1C. The average molecular weight is 318 g/mol. The summed E-state index contributed by atoms with van der Waals surface area (Å²) in [6.07, 6.45) is 0. The van der Waals surface area contributed by atoms with Crippen LogP contribution in [0.5, 0.6) is 5.75 Å². The van der Waals surface area contributed by atoms with Crippen molar-refractivity contribution in [1.29, 1.82) is 0 Å². The Morgan fingerprint density at radius 3 is 2.60 bits per heavy atom. The molecule has 1 aliphatic rings. The zero-order valence-electron chi connectivity index (χ0n) is 10.9. The highest BCUT2D eigenvalue weighted by molar-refractivity contribution is 7.92. The van der Waals surface area contributed by atoms with E-state index in [0.717, 1.165) is 4.31 Å². The van der Waals surface area contributed by atoms with Gasteiger partial charge in [-0.1, -0.05) is 6.92 Å². The van der Waals surface area contributed by atoms with Crippen LogP contribution >= 0.6 is 0 Å². The lowest BCUT2D eigenvalue weighted by molar-refractivity contribution is -0.117. The van der Waals surface area contributed by atoms with Gasteiger partial charge in [0.05, 0.1) is 16.5 Å². The molecule has 0 aliphatic carbocycles. The molecule has 1 saturated heterocycles. The third-order valence-corrected chi connectivity index (χ3v) is 5.81. The van der Waals surface area contributed by atoms with Gasteiger partial charge in [0, 0.05) is 16.2 Å². The number of amides is 1. The second kappa shape index (κ2) is 5.06. The van der Waals surface area contributed by atoms with Gasteiger partial charge in [0.25, 0.3) is 5.91 Å². The maximum absolute atomic E-state index is 11.8. The van der Waals surface area contributed by atoms with Crippen molar-refractivity contribution in [3.05, 3.63) is 17.7 Å². The normalized spacial score (nSPS) is 18.9. The summed E-state index contributed by atoms with van der Waals surface area (Å²) in [5, 5.41) is 10.1. The minimum absolute atomic E-state index is 0.00213. The fourth-order valence-electron chi connectivity index (χ4n) is 1.93. The minimum atomic E-state index is -3.97. The van der Waals surface area contributed by atoms with Crippen molar-refractivity contribution in [2.45, 2.75) is 18.7 Å². The molecule has 1 fully saturated rings. The maximum Gasteiger partial charge on any atom is 0.326 e. The summed E-state index contributed by atoms with van der Waals surface area (Å²) in [5.41, 5.74) is 0.343. The first-order valence-electron chi connectivity index (χ1n) is 5.82. The molecule has 1 heterocycles. The number of nitrogens with one attached hydrogen (secondary N) is 1. The Balaban J connectivity index is 2.53. The van der Waals surface area contributed by atoms with Crippen LogP contribution in [0.15, 0.2) is 17.0 Å². The Bertz CT molecular complexity index is 699. The number of phenolic OH excluding ortho intramolecular Hbond substituents is 1. The van der Waals surface area contributed by atoms with E-state index in [2.05, 4.69) is 0 Å². The second-order valence-corrected chi connectivity index (χ2v) is 7.53. The van der Waals surface area contributed by atoms with Crippen LogP contribution in [-0.4, -0.2) is 35.9 Å². The van der Waals surface area contributed by atoms with Gasteiger partial charge in [-0.3, -0.25) is 9.00 Å². The molecule has 0 radical (unpaired) electrons. The van der Waals surface area contributed by atoms with Gasteiger partial charge in [0.15, 0.2) is 0 Å². The molecule has 1 aromatic carbocycles. The van der Waals surface area contributed by atoms with E-state index < -0.39 is 26.9 Å². The molecule has 7 nitrogen and oxygen atoms in total. The molecule has 0 aromatic heterocycles. The van der Waals surface area contributed by atoms with Crippen molar-refractivity contribution in [2.24, 2.45) is 0 Å². The Morgan fingerprint density at radius 2 is 2.10 bits per heavy atom. The molecule has 0 spiro atoms. The summed E-state index contributed by atoms with van der Waals surface area (Å²) >= 11 is 0. The first-order chi connectivity index (χ1) is 9.27. The molecular formula is C11H14N2O5S2. The molecule has 1 aliphatic heterocycles. The first kappa shape index (κ1) is 14.8. The predicted octanol–water partition coefficient (Wildman–Crippen LogP) is 0.00912. The first-order valence-corrected chi connectivity index (χ1v) is 8.58. The van der Waals surface area contributed by atoms with E-state index in [4.69, 9.17) is 0 Å². The highest BCUT2D eigenvalue weighted by atomic mass is 32.2. The summed E-state index contributed by atoms with van der Waals surface area (Å²) in [6, 6.07) is 2.85. The average Bonchev–Trinajstić information content (AvgIpc) is 2.65. The minimum Gasteiger partial charge on any atom is -0.505 e. The van der Waals surface area contributed by atoms with E-state index in [0.29, 0.717) is 16.2 Å². The van der Waals surface area contributed by atoms with Crippen LogP contribution in [0, 0.1) is 6.92 Å². The van der Waals surface area contributed by atoms with E-state index in [1.807, 2.05) is 4.72 Å². The Kier molecular flexibility index (Phi) is 3.74. The van der Waals surface area contributed by atoms with E-state index in [-0.39, 0.29) is 18.0 Å². The summed E-state index contributed by atoms with van der Waals surface area (Å²) < 4.78 is 37.9. The van der Waals surface area contributed by atoms with Crippen LogP contribution < -0.4 is 9.03 Å². The van der Waals surface area contributed by atoms with E-state index >= 15 is 0 Å². The van der Waals surface area contributed by atoms with Crippen LogP contribution in [0.25, 0.3) is 0 Å². The quantitative estimate of drug-likeness (QED) is 0.817. The molecule has 0 bridgehead atoms. The fraction of sp³-hybridized carbons (Fsp3) is 0.364. The lowest BCUT2D eigenvalue weighted by atomic mass is 10.2. The number of carbonyl (C=O) groups is 1. The topological polar surface area (TPSA) is 104 Å². The van der Waals surface area contributed by atoms with Gasteiger partial charge in [-0.15, -0.1) is 0 Å². The molecule has 2 rings (SSSR count). The van der Waals surface area contributed by atoms with E-state index in [1.165, 1.54) is 12.1 Å². The predicted molar refractivity (Wildman–Crippen MR) is 74.2 cm³/mol. The molecular weight excluding hydrogens is 304 g/mol. The molecule has 110 valence electrons. The lowest BCUT2D eigenvalue weighted by Gasteiger charge is -2.18. The number of phenols is 1. The monoisotopic (exact) mass is 318 g/mol. The third-order valence-electron chi connectivity index (χ3n) is 2.96. The van der Waals surface area contributed by atoms with Gasteiger partial charge in [-0.25, -0.2) is 9.03 Å². The Hall–Kier alpha value is -1.61. The second-order valence-electron chi connectivity index (χ2n) is 4.23. The van der Waals surface area contributed by atoms with Crippen molar-refractivity contribution in [1.82, 2.24) is 4.72 Å². The van der Waals surface area contributed by atoms with Gasteiger partial charge < -0.3 is 5.11 Å². The zero-order valence-corrected chi connectivity index (χ0v) is 12.5. The van der Waals surface area contributed by atoms with Crippen LogP contribution in [0.1, 0.15) is 12.5 Å². The molecule has 9 heteroatoms. The largest absolute Gasteiger partial charge is 0.505 e. The van der Waals surface area contributed by atoms with E-state index in [9.17, 15) is 22.5 Å². The summed E-state index contributed by atoms with van der Waals surface area (Å²) in [7, 11) is -5.23. The molecule has 1 atom stereocenters. The summed E-state index contributed by atoms with van der Waals surface area (Å²) in [6.45, 7) is 2.92. The van der Waals surface area contributed by atoms with E-state index in [1.54, 1.807) is 13.8 Å². The maximum atomic E-state index is 11.8. The van der Waals surface area contributed by atoms with Gasteiger partial charge >= 0.3 is 10.2 Å². The zero-order chi connectivity index (χ0) is 15.1.